The molecule has 1 saturated carbocycles. The summed E-state index contributed by atoms with van der Waals surface area (Å²) in [5.74, 6) is 0.675. The number of nitrogens with two attached hydrogens (primary N) is 1. The van der Waals surface area contributed by atoms with Gasteiger partial charge in [-0.3, -0.25) is 0 Å². The first-order valence-corrected chi connectivity index (χ1v) is 4.53. The van der Waals surface area contributed by atoms with Crippen LogP contribution in [0, 0.1) is 5.41 Å². The third-order valence-corrected chi connectivity index (χ3v) is 2.50. The molecule has 1 fully saturated rings. The molecule has 6 heteroatoms. The van der Waals surface area contributed by atoms with E-state index in [0.717, 1.165) is 12.8 Å². The fraction of sp³-hybridized carbons (Fsp3) is 0.625. The van der Waals surface area contributed by atoms with Crippen LogP contribution < -0.4 is 11.1 Å². The van der Waals surface area contributed by atoms with Crippen molar-refractivity contribution in [2.75, 3.05) is 24.2 Å². The normalized spacial score (nSPS) is 17.8. The minimum Gasteiger partial charge on any atom is -0.396 e. The Balaban J connectivity index is 1.92. The van der Waals surface area contributed by atoms with Gasteiger partial charge in [0.2, 0.25) is 11.9 Å². The minimum atomic E-state index is 0.0430. The lowest BCUT2D eigenvalue weighted by Gasteiger charge is -2.11. The molecule has 4 N–H and O–H groups in total. The van der Waals surface area contributed by atoms with Gasteiger partial charge in [0.25, 0.3) is 0 Å². The van der Waals surface area contributed by atoms with Crippen LogP contribution in [0.15, 0.2) is 6.33 Å². The number of aliphatic hydroxyl groups is 1. The zero-order valence-corrected chi connectivity index (χ0v) is 7.77. The minimum absolute atomic E-state index is 0.0430. The fourth-order valence-corrected chi connectivity index (χ4v) is 1.23. The monoisotopic (exact) mass is 195 g/mol. The lowest BCUT2D eigenvalue weighted by molar-refractivity contribution is 0.219. The standard InChI is InChI=1S/C8H13N5O/c9-6-11-5-12-7(13-6)10-3-8(4-14)1-2-8/h5,14H,1-4H2,(H3,9,10,11,12,13). The number of rotatable bonds is 4. The molecule has 0 radical (unpaired) electrons. The van der Waals surface area contributed by atoms with Gasteiger partial charge in [0.1, 0.15) is 6.33 Å². The maximum Gasteiger partial charge on any atom is 0.227 e. The molecule has 1 heterocycles. The number of anilines is 2. The average molecular weight is 195 g/mol. The molecule has 0 saturated heterocycles. The smallest absolute Gasteiger partial charge is 0.227 e. The van der Waals surface area contributed by atoms with Gasteiger partial charge in [-0.2, -0.15) is 4.98 Å². The van der Waals surface area contributed by atoms with E-state index in [4.69, 9.17) is 10.8 Å². The second-order valence-corrected chi connectivity index (χ2v) is 3.68. The van der Waals surface area contributed by atoms with E-state index in [-0.39, 0.29) is 18.0 Å². The van der Waals surface area contributed by atoms with Gasteiger partial charge in [-0.25, -0.2) is 9.97 Å². The molecular weight excluding hydrogens is 182 g/mol. The number of hydrogen-bond acceptors (Lipinski definition) is 6. The second-order valence-electron chi connectivity index (χ2n) is 3.68. The summed E-state index contributed by atoms with van der Waals surface area (Å²) in [5, 5.41) is 12.1. The van der Waals surface area contributed by atoms with Gasteiger partial charge in [-0.15, -0.1) is 0 Å². The van der Waals surface area contributed by atoms with Gasteiger partial charge in [-0.05, 0) is 12.8 Å². The molecule has 0 bridgehead atoms. The second kappa shape index (κ2) is 3.38. The Kier molecular flexibility index (Phi) is 2.20. The third kappa shape index (κ3) is 1.90. The van der Waals surface area contributed by atoms with Gasteiger partial charge in [0.05, 0.1) is 6.61 Å². The summed E-state index contributed by atoms with van der Waals surface area (Å²) in [7, 11) is 0. The van der Waals surface area contributed by atoms with Crippen LogP contribution >= 0.6 is 0 Å². The Morgan fingerprint density at radius 2 is 2.29 bits per heavy atom. The number of aliphatic hydroxyl groups excluding tert-OH is 1. The quantitative estimate of drug-likeness (QED) is 0.607. The number of nitrogens with zero attached hydrogens (tertiary/aromatic N) is 3. The SMILES string of the molecule is Nc1ncnc(NCC2(CO)CC2)n1. The molecule has 1 aliphatic rings. The molecule has 2 rings (SSSR count). The first kappa shape index (κ1) is 9.14. The molecular formula is C8H13N5O. The van der Waals surface area contributed by atoms with E-state index in [2.05, 4.69) is 20.3 Å². The Bertz CT molecular complexity index is 325. The molecule has 6 nitrogen and oxygen atoms in total. The number of aromatic nitrogens is 3. The lowest BCUT2D eigenvalue weighted by atomic mass is 10.1. The fourth-order valence-electron chi connectivity index (χ4n) is 1.23. The number of hydrogen-bond donors (Lipinski definition) is 3. The highest BCUT2D eigenvalue weighted by Crippen LogP contribution is 2.44. The van der Waals surface area contributed by atoms with Crippen LogP contribution in [0.2, 0.25) is 0 Å². The molecule has 0 unspecified atom stereocenters. The Morgan fingerprint density at radius 3 is 2.86 bits per heavy atom. The topological polar surface area (TPSA) is 97.0 Å². The number of nitrogens with one attached hydrogen (secondary N) is 1. The van der Waals surface area contributed by atoms with E-state index < -0.39 is 0 Å². The van der Waals surface area contributed by atoms with Crippen molar-refractivity contribution >= 4 is 11.9 Å². The highest BCUT2D eigenvalue weighted by Gasteiger charge is 2.41. The largest absolute Gasteiger partial charge is 0.396 e. The van der Waals surface area contributed by atoms with Crippen molar-refractivity contribution in [2.24, 2.45) is 5.41 Å². The van der Waals surface area contributed by atoms with Crippen molar-refractivity contribution in [3.05, 3.63) is 6.33 Å². The van der Waals surface area contributed by atoms with Crippen molar-refractivity contribution in [3.8, 4) is 0 Å². The van der Waals surface area contributed by atoms with Crippen molar-refractivity contribution in [2.45, 2.75) is 12.8 Å². The number of nitrogen functional groups attached to an aromatic ring is 1. The predicted molar refractivity (Wildman–Crippen MR) is 51.5 cm³/mol. The van der Waals surface area contributed by atoms with Gasteiger partial charge >= 0.3 is 0 Å². The summed E-state index contributed by atoms with van der Waals surface area (Å²) < 4.78 is 0. The van der Waals surface area contributed by atoms with Crippen molar-refractivity contribution < 1.29 is 5.11 Å². The highest BCUT2D eigenvalue weighted by atomic mass is 16.3. The van der Waals surface area contributed by atoms with Gasteiger partial charge < -0.3 is 16.2 Å². The van der Waals surface area contributed by atoms with Crippen molar-refractivity contribution in [3.63, 3.8) is 0 Å². The molecule has 76 valence electrons. The van der Waals surface area contributed by atoms with E-state index in [9.17, 15) is 0 Å². The highest BCUT2D eigenvalue weighted by molar-refractivity contribution is 5.29. The zero-order valence-electron chi connectivity index (χ0n) is 7.77. The average Bonchev–Trinajstić information content (AvgIpc) is 2.96. The molecule has 1 aromatic heterocycles. The summed E-state index contributed by atoms with van der Waals surface area (Å²) in [6.45, 7) is 0.896. The Labute approximate surface area is 81.6 Å². The maximum atomic E-state index is 9.07. The molecule has 0 aromatic carbocycles. The van der Waals surface area contributed by atoms with Gasteiger partial charge in [-0.1, -0.05) is 0 Å². The summed E-state index contributed by atoms with van der Waals surface area (Å²) >= 11 is 0. The molecule has 1 aliphatic carbocycles. The van der Waals surface area contributed by atoms with Crippen LogP contribution in [0.1, 0.15) is 12.8 Å². The van der Waals surface area contributed by atoms with Crippen molar-refractivity contribution in [1.29, 1.82) is 0 Å². The predicted octanol–water partition coefficient (Wildman–Crippen LogP) is -0.362. The summed E-state index contributed by atoms with van der Waals surface area (Å²) in [4.78, 5) is 11.5. The third-order valence-electron chi connectivity index (χ3n) is 2.50. The maximum absolute atomic E-state index is 9.07. The van der Waals surface area contributed by atoms with Crippen LogP contribution in [0.3, 0.4) is 0 Å². The van der Waals surface area contributed by atoms with Gasteiger partial charge in [0.15, 0.2) is 0 Å². The molecule has 0 spiro atoms. The Hall–Kier alpha value is -1.43. The van der Waals surface area contributed by atoms with Crippen molar-refractivity contribution in [1.82, 2.24) is 15.0 Å². The van der Waals surface area contributed by atoms with E-state index in [0.29, 0.717) is 12.5 Å². The van der Waals surface area contributed by atoms with E-state index in [1.807, 2.05) is 0 Å². The van der Waals surface area contributed by atoms with Crippen LogP contribution in [0.25, 0.3) is 0 Å². The zero-order chi connectivity index (χ0) is 10.0. The Morgan fingerprint density at radius 1 is 1.50 bits per heavy atom. The van der Waals surface area contributed by atoms with Crippen LogP contribution in [-0.4, -0.2) is 33.2 Å². The summed E-state index contributed by atoms with van der Waals surface area (Å²) in [6.07, 6.45) is 3.47. The van der Waals surface area contributed by atoms with Crippen LogP contribution in [0.5, 0.6) is 0 Å². The lowest BCUT2D eigenvalue weighted by Crippen LogP contribution is -2.20. The van der Waals surface area contributed by atoms with Gasteiger partial charge in [0, 0.05) is 12.0 Å². The van der Waals surface area contributed by atoms with Crippen LogP contribution in [0.4, 0.5) is 11.9 Å². The first-order chi connectivity index (χ1) is 6.74. The van der Waals surface area contributed by atoms with E-state index in [1.165, 1.54) is 6.33 Å². The summed E-state index contributed by atoms with van der Waals surface area (Å²) in [5.41, 5.74) is 5.44. The molecule has 1 aromatic rings. The van der Waals surface area contributed by atoms with E-state index in [1.54, 1.807) is 0 Å². The molecule has 0 atom stereocenters. The van der Waals surface area contributed by atoms with E-state index >= 15 is 0 Å². The van der Waals surface area contributed by atoms with Crippen LogP contribution in [-0.2, 0) is 0 Å². The molecule has 0 aliphatic heterocycles. The molecule has 14 heavy (non-hydrogen) atoms. The summed E-state index contributed by atoms with van der Waals surface area (Å²) in [6, 6.07) is 0. The molecule has 0 amide bonds. The first-order valence-electron chi connectivity index (χ1n) is 4.53.